The molecule has 56 valence electrons. The van der Waals surface area contributed by atoms with E-state index >= 15 is 0 Å². The van der Waals surface area contributed by atoms with Crippen LogP contribution in [0.5, 0.6) is 0 Å². The van der Waals surface area contributed by atoms with E-state index < -0.39 is 0 Å². The summed E-state index contributed by atoms with van der Waals surface area (Å²) >= 11 is 0. The van der Waals surface area contributed by atoms with E-state index in [0.29, 0.717) is 19.4 Å². The second kappa shape index (κ2) is 2.82. The lowest BCUT2D eigenvalue weighted by molar-refractivity contribution is -0.138. The third-order valence-electron chi connectivity index (χ3n) is 1.51. The summed E-state index contributed by atoms with van der Waals surface area (Å²) in [6, 6.07) is 0. The van der Waals surface area contributed by atoms with Gasteiger partial charge in [0.2, 0.25) is 0 Å². The van der Waals surface area contributed by atoms with Gasteiger partial charge in [-0.1, -0.05) is 0 Å². The summed E-state index contributed by atoms with van der Waals surface area (Å²) in [7, 11) is 0. The first-order valence-electron chi connectivity index (χ1n) is 3.33. The van der Waals surface area contributed by atoms with Crippen molar-refractivity contribution in [1.29, 1.82) is 0 Å². The van der Waals surface area contributed by atoms with Crippen molar-refractivity contribution in [2.45, 2.75) is 19.8 Å². The van der Waals surface area contributed by atoms with E-state index in [4.69, 9.17) is 0 Å². The molecule has 0 amide bonds. The maximum absolute atomic E-state index is 10.5. The summed E-state index contributed by atoms with van der Waals surface area (Å²) in [6.07, 6.45) is 0.894. The van der Waals surface area contributed by atoms with Crippen LogP contribution >= 0.6 is 0 Å². The van der Waals surface area contributed by atoms with Gasteiger partial charge in [0.05, 0.1) is 13.0 Å². The zero-order chi connectivity index (χ0) is 7.56. The summed E-state index contributed by atoms with van der Waals surface area (Å²) in [5.41, 5.74) is 0. The smallest absolute Gasteiger partial charge is 0.306 e. The fourth-order valence-corrected chi connectivity index (χ4v) is 1.10. The Bertz CT molecular complexity index is 162. The zero-order valence-corrected chi connectivity index (χ0v) is 5.92. The summed E-state index contributed by atoms with van der Waals surface area (Å²) in [4.78, 5) is 21.0. The minimum Gasteiger partial charge on any atom is -0.465 e. The van der Waals surface area contributed by atoms with Crippen molar-refractivity contribution in [3.63, 3.8) is 0 Å². The number of Topliss-reactive ketones (excluding diaryl/α,β-unsaturated/α-hetero) is 1. The Morgan fingerprint density at radius 3 is 2.90 bits per heavy atom. The quantitative estimate of drug-likeness (QED) is 0.528. The number of hydrogen-bond donors (Lipinski definition) is 0. The highest BCUT2D eigenvalue weighted by atomic mass is 16.5. The third-order valence-corrected chi connectivity index (χ3v) is 1.51. The second-order valence-electron chi connectivity index (χ2n) is 2.66. The Morgan fingerprint density at radius 2 is 2.50 bits per heavy atom. The first kappa shape index (κ1) is 7.25. The van der Waals surface area contributed by atoms with E-state index in [1.165, 1.54) is 6.92 Å². The monoisotopic (exact) mass is 142 g/mol. The van der Waals surface area contributed by atoms with Crippen molar-refractivity contribution in [2.24, 2.45) is 5.92 Å². The van der Waals surface area contributed by atoms with Crippen molar-refractivity contribution >= 4 is 11.8 Å². The molecule has 0 bridgehead atoms. The molecule has 0 aromatic carbocycles. The van der Waals surface area contributed by atoms with E-state index in [1.807, 2.05) is 0 Å². The number of ketones is 1. The summed E-state index contributed by atoms with van der Waals surface area (Å²) < 4.78 is 4.68. The van der Waals surface area contributed by atoms with Crippen molar-refractivity contribution in [1.82, 2.24) is 0 Å². The number of esters is 1. The maximum atomic E-state index is 10.5. The van der Waals surface area contributed by atoms with Gasteiger partial charge in [-0.05, 0) is 6.92 Å². The molecule has 3 nitrogen and oxygen atoms in total. The second-order valence-corrected chi connectivity index (χ2v) is 2.66. The van der Waals surface area contributed by atoms with Gasteiger partial charge in [0.1, 0.15) is 5.78 Å². The first-order chi connectivity index (χ1) is 4.68. The van der Waals surface area contributed by atoms with Gasteiger partial charge < -0.3 is 9.53 Å². The van der Waals surface area contributed by atoms with E-state index in [2.05, 4.69) is 4.74 Å². The molecule has 0 radical (unpaired) electrons. The van der Waals surface area contributed by atoms with Crippen LogP contribution in [0.1, 0.15) is 19.8 Å². The van der Waals surface area contributed by atoms with Crippen LogP contribution in [0.4, 0.5) is 0 Å². The molecule has 1 fully saturated rings. The van der Waals surface area contributed by atoms with Crippen LogP contribution in [0.15, 0.2) is 0 Å². The predicted molar refractivity (Wildman–Crippen MR) is 34.4 cm³/mol. The Kier molecular flexibility index (Phi) is 2.04. The van der Waals surface area contributed by atoms with Crippen molar-refractivity contribution in [3.8, 4) is 0 Å². The van der Waals surface area contributed by atoms with Gasteiger partial charge >= 0.3 is 5.97 Å². The van der Waals surface area contributed by atoms with Crippen LogP contribution < -0.4 is 0 Å². The largest absolute Gasteiger partial charge is 0.465 e. The van der Waals surface area contributed by atoms with E-state index in [-0.39, 0.29) is 17.7 Å². The molecule has 0 aromatic rings. The highest BCUT2D eigenvalue weighted by Crippen LogP contribution is 2.17. The van der Waals surface area contributed by atoms with Gasteiger partial charge in [0.25, 0.3) is 0 Å². The fourth-order valence-electron chi connectivity index (χ4n) is 1.10. The number of rotatable bonds is 2. The molecule has 1 atom stereocenters. The predicted octanol–water partition coefficient (Wildman–Crippen LogP) is 0.529. The van der Waals surface area contributed by atoms with Gasteiger partial charge in [0, 0.05) is 12.3 Å². The van der Waals surface area contributed by atoms with Crippen LogP contribution in [0.25, 0.3) is 0 Å². The normalized spacial score (nSPS) is 24.5. The van der Waals surface area contributed by atoms with Gasteiger partial charge in [-0.15, -0.1) is 0 Å². The lowest BCUT2D eigenvalue weighted by Gasteiger charge is -1.99. The Morgan fingerprint density at radius 1 is 1.80 bits per heavy atom. The number of carbonyl (C=O) groups excluding carboxylic acids is 2. The summed E-state index contributed by atoms with van der Waals surface area (Å²) in [5.74, 6) is 0.0968. The Hall–Kier alpha value is -0.860. The topological polar surface area (TPSA) is 43.4 Å². The molecule has 3 heteroatoms. The molecule has 1 aliphatic heterocycles. The summed E-state index contributed by atoms with van der Waals surface area (Å²) in [6.45, 7) is 1.96. The van der Waals surface area contributed by atoms with Crippen molar-refractivity contribution in [3.05, 3.63) is 0 Å². The third kappa shape index (κ3) is 1.83. The lowest BCUT2D eigenvalue weighted by atomic mass is 10.0. The average Bonchev–Trinajstić information content (AvgIpc) is 2.13. The zero-order valence-electron chi connectivity index (χ0n) is 5.92. The molecule has 1 unspecified atom stereocenters. The number of carbonyl (C=O) groups is 2. The van der Waals surface area contributed by atoms with Crippen molar-refractivity contribution in [2.75, 3.05) is 6.61 Å². The first-order valence-corrected chi connectivity index (χ1v) is 3.33. The molecule has 1 aliphatic rings. The molecule has 10 heavy (non-hydrogen) atoms. The molecule has 1 saturated heterocycles. The van der Waals surface area contributed by atoms with E-state index in [1.54, 1.807) is 0 Å². The average molecular weight is 142 g/mol. The minimum atomic E-state index is -0.175. The van der Waals surface area contributed by atoms with Crippen LogP contribution in [-0.4, -0.2) is 18.4 Å². The van der Waals surface area contributed by atoms with Crippen LogP contribution in [0, 0.1) is 5.92 Å². The van der Waals surface area contributed by atoms with E-state index in [0.717, 1.165) is 0 Å². The van der Waals surface area contributed by atoms with Gasteiger partial charge in [-0.25, -0.2) is 0 Å². The SMILES string of the molecule is CC(=O)CC1COC(=O)C1. The van der Waals surface area contributed by atoms with Crippen LogP contribution in [0.3, 0.4) is 0 Å². The molecular formula is C7H10O3. The van der Waals surface area contributed by atoms with Gasteiger partial charge in [0.15, 0.2) is 0 Å². The van der Waals surface area contributed by atoms with Crippen LogP contribution in [0.2, 0.25) is 0 Å². The van der Waals surface area contributed by atoms with Gasteiger partial charge in [-0.2, -0.15) is 0 Å². The highest BCUT2D eigenvalue weighted by Gasteiger charge is 2.24. The fraction of sp³-hybridized carbons (Fsp3) is 0.714. The molecule has 0 aliphatic carbocycles. The Labute approximate surface area is 59.4 Å². The molecule has 0 saturated carbocycles. The lowest BCUT2D eigenvalue weighted by Crippen LogP contribution is -2.04. The molecule has 0 N–H and O–H groups in total. The molecule has 0 aromatic heterocycles. The molecule has 1 heterocycles. The van der Waals surface area contributed by atoms with Gasteiger partial charge in [-0.3, -0.25) is 4.79 Å². The van der Waals surface area contributed by atoms with Crippen molar-refractivity contribution < 1.29 is 14.3 Å². The Balaban J connectivity index is 2.31. The molecule has 0 spiro atoms. The number of ether oxygens (including phenoxy) is 1. The molecule has 1 rings (SSSR count). The minimum absolute atomic E-state index is 0.128. The number of cyclic esters (lactones) is 1. The maximum Gasteiger partial charge on any atom is 0.306 e. The highest BCUT2D eigenvalue weighted by molar-refractivity contribution is 5.78. The van der Waals surface area contributed by atoms with E-state index in [9.17, 15) is 9.59 Å². The number of hydrogen-bond acceptors (Lipinski definition) is 3. The summed E-state index contributed by atoms with van der Waals surface area (Å²) in [5, 5.41) is 0. The molecular weight excluding hydrogens is 132 g/mol. The van der Waals surface area contributed by atoms with Crippen LogP contribution in [-0.2, 0) is 14.3 Å². The standard InChI is InChI=1S/C7H10O3/c1-5(8)2-6-3-7(9)10-4-6/h6H,2-4H2,1H3.